The number of rotatable bonds is 3. The molecule has 2 nitrogen and oxygen atoms in total. The van der Waals surface area contributed by atoms with Gasteiger partial charge in [-0.05, 0) is 49.4 Å². The minimum atomic E-state index is 0.157. The van der Waals surface area contributed by atoms with E-state index in [1.54, 1.807) is 7.11 Å². The van der Waals surface area contributed by atoms with Crippen molar-refractivity contribution in [3.63, 3.8) is 0 Å². The molecular weight excluding hydrogens is 210 g/mol. The molecule has 1 aromatic carbocycles. The van der Waals surface area contributed by atoms with Crippen LogP contribution in [0.4, 0.5) is 0 Å². The molecule has 1 heterocycles. The van der Waals surface area contributed by atoms with Crippen LogP contribution in [0.2, 0.25) is 0 Å². The maximum atomic E-state index is 5.23. The second kappa shape index (κ2) is 5.09. The van der Waals surface area contributed by atoms with Gasteiger partial charge < -0.3 is 10.1 Å². The topological polar surface area (TPSA) is 21.3 Å². The maximum absolute atomic E-state index is 5.23. The van der Waals surface area contributed by atoms with Crippen LogP contribution in [0.15, 0.2) is 24.3 Å². The van der Waals surface area contributed by atoms with Crippen LogP contribution in [-0.4, -0.2) is 13.7 Å². The Balaban J connectivity index is 2.31. The van der Waals surface area contributed by atoms with Crippen LogP contribution in [0.1, 0.15) is 38.7 Å². The molecule has 2 heteroatoms. The van der Waals surface area contributed by atoms with Crippen molar-refractivity contribution < 1.29 is 4.74 Å². The molecule has 0 aliphatic carbocycles. The summed E-state index contributed by atoms with van der Waals surface area (Å²) in [4.78, 5) is 0. The first-order valence-electron chi connectivity index (χ1n) is 6.58. The largest absolute Gasteiger partial charge is 0.497 e. The molecule has 0 spiro atoms. The molecule has 17 heavy (non-hydrogen) atoms. The van der Waals surface area contributed by atoms with E-state index in [0.717, 1.165) is 12.3 Å². The molecule has 1 N–H and O–H groups in total. The van der Waals surface area contributed by atoms with Crippen LogP contribution in [-0.2, 0) is 5.54 Å². The molecule has 0 saturated carbocycles. The fraction of sp³-hybridized carbons (Fsp3) is 0.600. The van der Waals surface area contributed by atoms with E-state index < -0.39 is 0 Å². The van der Waals surface area contributed by atoms with E-state index in [-0.39, 0.29) is 5.54 Å². The monoisotopic (exact) mass is 233 g/mol. The Morgan fingerprint density at radius 1 is 1.18 bits per heavy atom. The number of nitrogens with one attached hydrogen (secondary N) is 1. The number of hydrogen-bond acceptors (Lipinski definition) is 2. The summed E-state index contributed by atoms with van der Waals surface area (Å²) < 4.78 is 5.23. The zero-order valence-electron chi connectivity index (χ0n) is 11.1. The van der Waals surface area contributed by atoms with Gasteiger partial charge in [0.05, 0.1) is 7.11 Å². The van der Waals surface area contributed by atoms with Gasteiger partial charge in [0.15, 0.2) is 0 Å². The van der Waals surface area contributed by atoms with E-state index in [1.807, 2.05) is 0 Å². The van der Waals surface area contributed by atoms with Gasteiger partial charge in [-0.3, -0.25) is 0 Å². The van der Waals surface area contributed by atoms with Gasteiger partial charge in [-0.25, -0.2) is 0 Å². The number of benzene rings is 1. The van der Waals surface area contributed by atoms with Crippen molar-refractivity contribution in [2.75, 3.05) is 13.7 Å². The molecule has 1 aliphatic rings. The van der Waals surface area contributed by atoms with E-state index in [0.29, 0.717) is 5.92 Å². The van der Waals surface area contributed by atoms with Gasteiger partial charge in [0, 0.05) is 5.54 Å². The van der Waals surface area contributed by atoms with Crippen molar-refractivity contribution >= 4 is 0 Å². The zero-order valence-corrected chi connectivity index (χ0v) is 11.1. The van der Waals surface area contributed by atoms with Gasteiger partial charge in [-0.1, -0.05) is 26.0 Å². The number of hydrogen-bond donors (Lipinski definition) is 1. The highest BCUT2D eigenvalue weighted by Crippen LogP contribution is 2.37. The van der Waals surface area contributed by atoms with Gasteiger partial charge in [-0.15, -0.1) is 0 Å². The van der Waals surface area contributed by atoms with E-state index in [4.69, 9.17) is 4.74 Å². The van der Waals surface area contributed by atoms with Gasteiger partial charge in [0.2, 0.25) is 0 Å². The number of ether oxygens (including phenoxy) is 1. The lowest BCUT2D eigenvalue weighted by molar-refractivity contribution is 0.184. The third-order valence-electron chi connectivity index (χ3n) is 4.03. The Hall–Kier alpha value is -1.02. The Morgan fingerprint density at radius 3 is 2.35 bits per heavy atom. The summed E-state index contributed by atoms with van der Waals surface area (Å²) >= 11 is 0. The normalized spacial score (nSPS) is 24.9. The summed E-state index contributed by atoms with van der Waals surface area (Å²) in [6.45, 7) is 5.75. The summed E-state index contributed by atoms with van der Waals surface area (Å²) in [5.41, 5.74) is 1.55. The van der Waals surface area contributed by atoms with Crippen LogP contribution < -0.4 is 10.1 Å². The molecule has 0 bridgehead atoms. The van der Waals surface area contributed by atoms with Crippen LogP contribution in [0.25, 0.3) is 0 Å². The molecule has 1 aromatic rings. The quantitative estimate of drug-likeness (QED) is 0.864. The van der Waals surface area contributed by atoms with Crippen molar-refractivity contribution in [3.05, 3.63) is 29.8 Å². The zero-order chi connectivity index (χ0) is 12.3. The molecule has 0 amide bonds. The van der Waals surface area contributed by atoms with Crippen molar-refractivity contribution in [1.82, 2.24) is 5.32 Å². The molecule has 1 atom stereocenters. The van der Waals surface area contributed by atoms with Crippen LogP contribution in [0.3, 0.4) is 0 Å². The predicted molar refractivity (Wildman–Crippen MR) is 71.4 cm³/mol. The fourth-order valence-corrected chi connectivity index (χ4v) is 2.89. The molecule has 1 unspecified atom stereocenters. The molecule has 1 saturated heterocycles. The van der Waals surface area contributed by atoms with E-state index >= 15 is 0 Å². The van der Waals surface area contributed by atoms with E-state index in [2.05, 4.69) is 43.4 Å². The fourth-order valence-electron chi connectivity index (χ4n) is 2.89. The van der Waals surface area contributed by atoms with Gasteiger partial charge in [-0.2, -0.15) is 0 Å². The van der Waals surface area contributed by atoms with E-state index in [1.165, 1.54) is 24.8 Å². The Morgan fingerprint density at radius 2 is 1.88 bits per heavy atom. The minimum absolute atomic E-state index is 0.157. The van der Waals surface area contributed by atoms with Crippen molar-refractivity contribution in [2.24, 2.45) is 5.92 Å². The molecule has 2 rings (SSSR count). The van der Waals surface area contributed by atoms with Crippen molar-refractivity contribution in [2.45, 2.75) is 38.6 Å². The number of piperidine rings is 1. The minimum Gasteiger partial charge on any atom is -0.497 e. The van der Waals surface area contributed by atoms with Gasteiger partial charge in [0.1, 0.15) is 5.75 Å². The Labute approximate surface area is 104 Å². The van der Waals surface area contributed by atoms with Crippen LogP contribution in [0, 0.1) is 5.92 Å². The molecule has 1 aliphatic heterocycles. The first-order valence-corrected chi connectivity index (χ1v) is 6.58. The summed E-state index contributed by atoms with van der Waals surface area (Å²) in [6.07, 6.45) is 3.85. The van der Waals surface area contributed by atoms with Crippen molar-refractivity contribution in [1.29, 1.82) is 0 Å². The number of methoxy groups -OCH3 is 1. The van der Waals surface area contributed by atoms with Crippen LogP contribution >= 0.6 is 0 Å². The second-order valence-electron chi connectivity index (χ2n) is 5.24. The highest BCUT2D eigenvalue weighted by atomic mass is 16.5. The lowest BCUT2D eigenvalue weighted by atomic mass is 9.74. The third kappa shape index (κ3) is 2.32. The average molecular weight is 233 g/mol. The van der Waals surface area contributed by atoms with Gasteiger partial charge >= 0.3 is 0 Å². The summed E-state index contributed by atoms with van der Waals surface area (Å²) in [5.74, 6) is 1.54. The highest BCUT2D eigenvalue weighted by molar-refractivity contribution is 5.32. The van der Waals surface area contributed by atoms with Gasteiger partial charge in [0.25, 0.3) is 0 Å². The SMILES string of the molecule is COc1ccc(C2(C(C)C)CCCCN2)cc1. The average Bonchev–Trinajstić information content (AvgIpc) is 2.39. The Bertz CT molecular complexity index is 350. The maximum Gasteiger partial charge on any atom is 0.118 e. The van der Waals surface area contributed by atoms with Crippen molar-refractivity contribution in [3.8, 4) is 5.75 Å². The third-order valence-corrected chi connectivity index (χ3v) is 4.03. The molecule has 1 fully saturated rings. The lowest BCUT2D eigenvalue weighted by Crippen LogP contribution is -2.49. The Kier molecular flexibility index (Phi) is 3.72. The van der Waals surface area contributed by atoms with Crippen LogP contribution in [0.5, 0.6) is 5.75 Å². The predicted octanol–water partition coefficient (Wildman–Crippen LogP) is 3.32. The molecule has 0 radical (unpaired) electrons. The smallest absolute Gasteiger partial charge is 0.118 e. The highest BCUT2D eigenvalue weighted by Gasteiger charge is 2.36. The summed E-state index contributed by atoms with van der Waals surface area (Å²) in [7, 11) is 1.71. The molecule has 0 aromatic heterocycles. The first-order chi connectivity index (χ1) is 8.19. The van der Waals surface area contributed by atoms with E-state index in [9.17, 15) is 0 Å². The summed E-state index contributed by atoms with van der Waals surface area (Å²) in [5, 5.41) is 3.74. The standard InChI is InChI=1S/C15H23NO/c1-12(2)15(10-4-5-11-16-15)13-6-8-14(17-3)9-7-13/h6-9,12,16H,4-5,10-11H2,1-3H3. The molecular formula is C15H23NO. The molecule has 94 valence electrons. The summed E-state index contributed by atoms with van der Waals surface area (Å²) in [6, 6.07) is 8.54. The lowest BCUT2D eigenvalue weighted by Gasteiger charge is -2.42. The first kappa shape index (κ1) is 12.4. The second-order valence-corrected chi connectivity index (χ2v) is 5.24.